The van der Waals surface area contributed by atoms with Gasteiger partial charge in [0.05, 0.1) is 7.11 Å². The molecule has 160 valence electrons. The van der Waals surface area contributed by atoms with Gasteiger partial charge in [-0.15, -0.1) is 6.42 Å². The van der Waals surface area contributed by atoms with E-state index in [1.54, 1.807) is 7.11 Å². The number of benzene rings is 2. The van der Waals surface area contributed by atoms with E-state index in [-0.39, 0.29) is 19.3 Å². The Morgan fingerprint density at radius 3 is 2.63 bits per heavy atom. The minimum absolute atomic E-state index is 0.0426. The van der Waals surface area contributed by atoms with Crippen molar-refractivity contribution in [2.75, 3.05) is 33.7 Å². The number of nitrogens with one attached hydrogen (secondary N) is 1. The molecule has 1 amide bonds. The Hall–Kier alpha value is -2.53. The number of carbonyl (C=O) groups excluding carboxylic acids is 1. The zero-order chi connectivity index (χ0) is 21.8. The van der Waals surface area contributed by atoms with Crippen LogP contribution in [-0.4, -0.2) is 39.6 Å². The van der Waals surface area contributed by atoms with Crippen LogP contribution in [0.15, 0.2) is 46.9 Å². The van der Waals surface area contributed by atoms with E-state index in [0.717, 1.165) is 15.6 Å². The molecule has 2 rings (SSSR count). The molecule has 0 spiro atoms. The average molecular weight is 476 g/mol. The maximum absolute atomic E-state index is 12.7. The highest BCUT2D eigenvalue weighted by Gasteiger charge is 2.21. The fraction of sp³-hybridized carbons (Fsp3) is 0.348. The third-order valence-electron chi connectivity index (χ3n) is 4.19. The van der Waals surface area contributed by atoms with Gasteiger partial charge in [-0.3, -0.25) is 4.79 Å². The van der Waals surface area contributed by atoms with Gasteiger partial charge in [0.2, 0.25) is 0 Å². The summed E-state index contributed by atoms with van der Waals surface area (Å²) in [7, 11) is 1.57. The van der Waals surface area contributed by atoms with E-state index >= 15 is 0 Å². The maximum Gasteiger partial charge on any atom is 0.253 e. The first-order valence-electron chi connectivity index (χ1n) is 9.54. The third-order valence-corrected chi connectivity index (χ3v) is 4.71. The van der Waals surface area contributed by atoms with Crippen molar-refractivity contribution in [2.45, 2.75) is 19.4 Å². The van der Waals surface area contributed by atoms with Gasteiger partial charge in [-0.1, -0.05) is 40.0 Å². The Kier molecular flexibility index (Phi) is 10.2. The lowest BCUT2D eigenvalue weighted by molar-refractivity contribution is -0.144. The van der Waals surface area contributed by atoms with Crippen LogP contribution >= 0.6 is 15.9 Å². The quantitative estimate of drug-likeness (QED) is 0.286. The Morgan fingerprint density at radius 1 is 1.20 bits per heavy atom. The first-order chi connectivity index (χ1) is 14.6. The Morgan fingerprint density at radius 2 is 1.97 bits per heavy atom. The van der Waals surface area contributed by atoms with E-state index in [0.29, 0.717) is 31.1 Å². The van der Waals surface area contributed by atoms with Crippen LogP contribution in [0.1, 0.15) is 24.2 Å². The van der Waals surface area contributed by atoms with Gasteiger partial charge in [0, 0.05) is 17.6 Å². The standard InChI is InChI=1S/C23H26BrNO5/c1-4-14-29-20-11-6-17(15-21(20)27-3)12-13-25-23(26)22(30-16-28-5-2)18-7-9-19(24)10-8-18/h1,6-11,15,22H,5,12-14,16H2,2-3H3,(H,25,26)/t22-/m0/s1. The maximum atomic E-state index is 12.7. The summed E-state index contributed by atoms with van der Waals surface area (Å²) in [6.07, 6.45) is 5.10. The Labute approximate surface area is 186 Å². The summed E-state index contributed by atoms with van der Waals surface area (Å²) in [5.74, 6) is 3.39. The van der Waals surface area contributed by atoms with Gasteiger partial charge in [-0.2, -0.15) is 0 Å². The number of terminal acetylenes is 1. The van der Waals surface area contributed by atoms with Crippen LogP contribution in [0.4, 0.5) is 0 Å². The van der Waals surface area contributed by atoms with Crippen molar-refractivity contribution in [3.63, 3.8) is 0 Å². The van der Waals surface area contributed by atoms with Crippen molar-refractivity contribution in [1.29, 1.82) is 0 Å². The van der Waals surface area contributed by atoms with E-state index in [1.165, 1.54) is 0 Å². The third kappa shape index (κ3) is 7.38. The molecule has 1 N–H and O–H groups in total. The van der Waals surface area contributed by atoms with Crippen LogP contribution < -0.4 is 14.8 Å². The van der Waals surface area contributed by atoms with Gasteiger partial charge < -0.3 is 24.3 Å². The molecule has 7 heteroatoms. The fourth-order valence-corrected chi connectivity index (χ4v) is 2.95. The minimum atomic E-state index is -0.751. The van der Waals surface area contributed by atoms with Gasteiger partial charge in [0.1, 0.15) is 13.4 Å². The number of hydrogen-bond acceptors (Lipinski definition) is 5. The van der Waals surface area contributed by atoms with Crippen LogP contribution in [0, 0.1) is 12.3 Å². The molecule has 0 saturated heterocycles. The van der Waals surface area contributed by atoms with E-state index in [4.69, 9.17) is 25.4 Å². The summed E-state index contributed by atoms with van der Waals surface area (Å²) in [6.45, 7) is 3.04. The number of amides is 1. The molecule has 0 bridgehead atoms. The van der Waals surface area contributed by atoms with E-state index < -0.39 is 6.10 Å². The second-order valence-electron chi connectivity index (χ2n) is 6.23. The molecule has 0 aromatic heterocycles. The lowest BCUT2D eigenvalue weighted by Gasteiger charge is -2.18. The van der Waals surface area contributed by atoms with Crippen molar-refractivity contribution in [3.05, 3.63) is 58.1 Å². The smallest absolute Gasteiger partial charge is 0.253 e. The van der Waals surface area contributed by atoms with Crippen molar-refractivity contribution >= 4 is 21.8 Å². The molecule has 1 atom stereocenters. The lowest BCUT2D eigenvalue weighted by Crippen LogP contribution is -2.32. The molecule has 0 aliphatic heterocycles. The van der Waals surface area contributed by atoms with Crippen LogP contribution in [0.2, 0.25) is 0 Å². The monoisotopic (exact) mass is 475 g/mol. The topological polar surface area (TPSA) is 66.0 Å². The molecule has 6 nitrogen and oxygen atoms in total. The number of carbonyl (C=O) groups is 1. The molecule has 0 unspecified atom stereocenters. The molecule has 0 aliphatic carbocycles. The fourth-order valence-electron chi connectivity index (χ4n) is 2.69. The summed E-state index contributed by atoms with van der Waals surface area (Å²) in [5.41, 5.74) is 1.75. The van der Waals surface area contributed by atoms with Crippen molar-refractivity contribution in [3.8, 4) is 23.8 Å². The van der Waals surface area contributed by atoms with Crippen molar-refractivity contribution < 1.29 is 23.7 Å². The SMILES string of the molecule is C#CCOc1ccc(CCNC(=O)[C@@H](OCOCC)c2ccc(Br)cc2)cc1OC. The molecule has 0 aliphatic rings. The molecule has 0 saturated carbocycles. The van der Waals surface area contributed by atoms with Gasteiger partial charge in [-0.05, 0) is 48.7 Å². The molecular weight excluding hydrogens is 450 g/mol. The molecule has 0 fully saturated rings. The lowest BCUT2D eigenvalue weighted by atomic mass is 10.1. The van der Waals surface area contributed by atoms with Crippen LogP contribution in [0.5, 0.6) is 11.5 Å². The highest BCUT2D eigenvalue weighted by atomic mass is 79.9. The summed E-state index contributed by atoms with van der Waals surface area (Å²) in [6, 6.07) is 13.0. The van der Waals surface area contributed by atoms with E-state index in [9.17, 15) is 4.79 Å². The summed E-state index contributed by atoms with van der Waals surface area (Å²) in [4.78, 5) is 12.7. The molecule has 30 heavy (non-hydrogen) atoms. The summed E-state index contributed by atoms with van der Waals surface area (Å²) >= 11 is 3.40. The van der Waals surface area contributed by atoms with Crippen LogP contribution in [-0.2, 0) is 20.7 Å². The number of hydrogen-bond donors (Lipinski definition) is 1. The molecule has 2 aromatic carbocycles. The zero-order valence-corrected chi connectivity index (χ0v) is 18.7. The van der Waals surface area contributed by atoms with Crippen molar-refractivity contribution in [1.82, 2.24) is 5.32 Å². The largest absolute Gasteiger partial charge is 0.493 e. The van der Waals surface area contributed by atoms with Crippen molar-refractivity contribution in [2.24, 2.45) is 0 Å². The van der Waals surface area contributed by atoms with Crippen LogP contribution in [0.3, 0.4) is 0 Å². The minimum Gasteiger partial charge on any atom is -0.493 e. The summed E-state index contributed by atoms with van der Waals surface area (Å²) < 4.78 is 22.6. The number of methoxy groups -OCH3 is 1. The zero-order valence-electron chi connectivity index (χ0n) is 17.2. The van der Waals surface area contributed by atoms with E-state index in [2.05, 4.69) is 27.2 Å². The highest BCUT2D eigenvalue weighted by Crippen LogP contribution is 2.28. The second-order valence-corrected chi connectivity index (χ2v) is 7.14. The second kappa shape index (κ2) is 12.9. The number of ether oxygens (including phenoxy) is 4. The number of halogens is 1. The summed E-state index contributed by atoms with van der Waals surface area (Å²) in [5, 5.41) is 2.93. The van der Waals surface area contributed by atoms with Gasteiger partial charge in [-0.25, -0.2) is 0 Å². The first kappa shape index (κ1) is 23.7. The van der Waals surface area contributed by atoms with Gasteiger partial charge in [0.25, 0.3) is 5.91 Å². The predicted octanol–water partition coefficient (Wildman–Crippen LogP) is 3.88. The average Bonchev–Trinajstić information content (AvgIpc) is 2.76. The molecule has 2 aromatic rings. The van der Waals surface area contributed by atoms with Crippen LogP contribution in [0.25, 0.3) is 0 Å². The van der Waals surface area contributed by atoms with E-state index in [1.807, 2.05) is 49.4 Å². The first-order valence-corrected chi connectivity index (χ1v) is 10.3. The normalized spacial score (nSPS) is 11.4. The predicted molar refractivity (Wildman–Crippen MR) is 118 cm³/mol. The highest BCUT2D eigenvalue weighted by molar-refractivity contribution is 9.10. The van der Waals surface area contributed by atoms with Gasteiger partial charge >= 0.3 is 0 Å². The Balaban J connectivity index is 1.97. The molecular formula is C23H26BrNO5. The van der Waals surface area contributed by atoms with Gasteiger partial charge in [0.15, 0.2) is 17.6 Å². The molecule has 0 radical (unpaired) electrons. The molecule has 0 heterocycles. The Bertz CT molecular complexity index is 848. The number of rotatable bonds is 12.